The molecule has 2 aromatic rings. The third-order valence-corrected chi connectivity index (χ3v) is 1.96. The van der Waals surface area contributed by atoms with Crippen LogP contribution < -0.4 is 5.46 Å². The van der Waals surface area contributed by atoms with Crippen LogP contribution in [0.1, 0.15) is 0 Å². The lowest BCUT2D eigenvalue weighted by Gasteiger charge is -1.96. The SMILES string of the molecule is [B]c1cc(I)cn2ncnc12. The van der Waals surface area contributed by atoms with Gasteiger partial charge >= 0.3 is 0 Å². The Balaban J connectivity index is 2.91. The summed E-state index contributed by atoms with van der Waals surface area (Å²) in [6.07, 6.45) is 3.36. The molecule has 0 atom stereocenters. The molecule has 0 saturated carbocycles. The normalized spacial score (nSPS) is 10.6. The smallest absolute Gasteiger partial charge is 0.148 e. The second-order valence-electron chi connectivity index (χ2n) is 2.14. The zero-order valence-corrected chi connectivity index (χ0v) is 7.69. The highest BCUT2D eigenvalue weighted by Crippen LogP contribution is 2.02. The molecule has 0 bridgehead atoms. The maximum absolute atomic E-state index is 5.67. The molecule has 0 spiro atoms. The molecule has 3 nitrogen and oxygen atoms in total. The fraction of sp³-hybridized carbons (Fsp3) is 0. The van der Waals surface area contributed by atoms with Crippen molar-refractivity contribution in [2.75, 3.05) is 0 Å². The van der Waals surface area contributed by atoms with E-state index >= 15 is 0 Å². The van der Waals surface area contributed by atoms with Crippen LogP contribution in [0, 0.1) is 3.57 Å². The molecular weight excluding hydrogens is 252 g/mol. The van der Waals surface area contributed by atoms with Crippen molar-refractivity contribution in [2.24, 2.45) is 0 Å². The minimum atomic E-state index is 0.661. The maximum atomic E-state index is 5.67. The molecule has 0 aliphatic rings. The van der Waals surface area contributed by atoms with Gasteiger partial charge in [-0.15, -0.1) is 0 Å². The summed E-state index contributed by atoms with van der Waals surface area (Å²) in [5, 5.41) is 3.96. The van der Waals surface area contributed by atoms with Crippen molar-refractivity contribution in [1.29, 1.82) is 0 Å². The van der Waals surface area contributed by atoms with E-state index in [1.54, 1.807) is 4.52 Å². The second kappa shape index (κ2) is 2.47. The van der Waals surface area contributed by atoms with Gasteiger partial charge in [0.25, 0.3) is 0 Å². The van der Waals surface area contributed by atoms with Gasteiger partial charge in [0, 0.05) is 9.77 Å². The zero-order valence-electron chi connectivity index (χ0n) is 5.53. The van der Waals surface area contributed by atoms with Gasteiger partial charge < -0.3 is 0 Å². The Morgan fingerprint density at radius 3 is 3.18 bits per heavy atom. The van der Waals surface area contributed by atoms with Crippen molar-refractivity contribution in [2.45, 2.75) is 0 Å². The molecule has 0 amide bonds. The van der Waals surface area contributed by atoms with E-state index in [1.165, 1.54) is 6.33 Å². The molecule has 0 fully saturated rings. The van der Waals surface area contributed by atoms with Crippen molar-refractivity contribution < 1.29 is 0 Å². The first-order chi connectivity index (χ1) is 5.27. The predicted octanol–water partition coefficient (Wildman–Crippen LogP) is 0.128. The summed E-state index contributed by atoms with van der Waals surface area (Å²) in [5.74, 6) is 0. The van der Waals surface area contributed by atoms with Gasteiger partial charge in [0.1, 0.15) is 19.8 Å². The van der Waals surface area contributed by atoms with Crippen molar-refractivity contribution in [3.8, 4) is 0 Å². The highest BCUT2D eigenvalue weighted by atomic mass is 127. The molecule has 0 unspecified atom stereocenters. The molecule has 0 saturated heterocycles. The van der Waals surface area contributed by atoms with Crippen LogP contribution in [0.4, 0.5) is 0 Å². The standard InChI is InChI=1S/C6H3BIN3/c7-5-1-4(8)2-11-6(5)9-3-10-11/h1-3H. The number of hydrogen-bond acceptors (Lipinski definition) is 2. The first kappa shape index (κ1) is 7.09. The lowest BCUT2D eigenvalue weighted by molar-refractivity contribution is 0.959. The highest BCUT2D eigenvalue weighted by molar-refractivity contribution is 14.1. The van der Waals surface area contributed by atoms with Crippen LogP contribution in [0.25, 0.3) is 5.65 Å². The van der Waals surface area contributed by atoms with Crippen molar-refractivity contribution in [3.63, 3.8) is 0 Å². The molecule has 2 radical (unpaired) electrons. The Kier molecular flexibility index (Phi) is 1.59. The van der Waals surface area contributed by atoms with Gasteiger partial charge in [-0.1, -0.05) is 11.5 Å². The number of pyridine rings is 1. The Labute approximate surface area is 78.4 Å². The number of rotatable bonds is 0. The molecule has 0 aromatic carbocycles. The average molecular weight is 255 g/mol. The third kappa shape index (κ3) is 1.13. The van der Waals surface area contributed by atoms with Crippen LogP contribution in [0.15, 0.2) is 18.6 Å². The van der Waals surface area contributed by atoms with Crippen molar-refractivity contribution in [3.05, 3.63) is 22.2 Å². The Bertz CT molecular complexity index is 398. The van der Waals surface area contributed by atoms with E-state index in [2.05, 4.69) is 32.7 Å². The number of halogens is 1. The van der Waals surface area contributed by atoms with Crippen molar-refractivity contribution in [1.82, 2.24) is 14.6 Å². The van der Waals surface area contributed by atoms with Gasteiger partial charge in [-0.25, -0.2) is 9.50 Å². The molecule has 11 heavy (non-hydrogen) atoms. The monoisotopic (exact) mass is 255 g/mol. The summed E-state index contributed by atoms with van der Waals surface area (Å²) in [6.45, 7) is 0. The molecule has 0 aliphatic carbocycles. The fourth-order valence-corrected chi connectivity index (χ4v) is 1.52. The summed E-state index contributed by atoms with van der Waals surface area (Å²) >= 11 is 2.18. The highest BCUT2D eigenvalue weighted by Gasteiger charge is 1.98. The zero-order chi connectivity index (χ0) is 7.84. The molecule has 0 N–H and O–H groups in total. The molecule has 2 aromatic heterocycles. The van der Waals surface area contributed by atoms with Gasteiger partial charge in [0.2, 0.25) is 0 Å². The number of fused-ring (bicyclic) bond motifs is 1. The first-order valence-electron chi connectivity index (χ1n) is 3.02. The molecule has 5 heteroatoms. The molecule has 2 heterocycles. The van der Waals surface area contributed by atoms with Crippen molar-refractivity contribution >= 4 is 41.5 Å². The van der Waals surface area contributed by atoms with E-state index in [0.29, 0.717) is 11.1 Å². The van der Waals surface area contributed by atoms with E-state index < -0.39 is 0 Å². The van der Waals surface area contributed by atoms with Gasteiger partial charge in [-0.2, -0.15) is 5.10 Å². The van der Waals surface area contributed by atoms with Crippen LogP contribution in [0.2, 0.25) is 0 Å². The van der Waals surface area contributed by atoms with E-state index in [4.69, 9.17) is 7.85 Å². The van der Waals surface area contributed by atoms with Gasteiger partial charge in [0.15, 0.2) is 0 Å². The summed E-state index contributed by atoms with van der Waals surface area (Å²) in [4.78, 5) is 3.98. The van der Waals surface area contributed by atoms with E-state index in [-0.39, 0.29) is 0 Å². The quantitative estimate of drug-likeness (QED) is 0.494. The Morgan fingerprint density at radius 2 is 2.36 bits per heavy atom. The minimum absolute atomic E-state index is 0.661. The topological polar surface area (TPSA) is 30.2 Å². The molecule has 2 rings (SSSR count). The van der Waals surface area contributed by atoms with E-state index in [0.717, 1.165) is 3.57 Å². The van der Waals surface area contributed by atoms with Crippen LogP contribution in [-0.4, -0.2) is 22.4 Å². The largest absolute Gasteiger partial charge is 0.221 e. The van der Waals surface area contributed by atoms with E-state index in [1.807, 2.05) is 12.3 Å². The predicted molar refractivity (Wildman–Crippen MR) is 51.1 cm³/mol. The fourth-order valence-electron chi connectivity index (χ4n) is 0.918. The first-order valence-corrected chi connectivity index (χ1v) is 4.09. The summed E-state index contributed by atoms with van der Waals surface area (Å²) < 4.78 is 2.72. The van der Waals surface area contributed by atoms with Crippen LogP contribution >= 0.6 is 22.6 Å². The Morgan fingerprint density at radius 1 is 1.55 bits per heavy atom. The summed E-state index contributed by atoms with van der Waals surface area (Å²) in [7, 11) is 5.67. The summed E-state index contributed by atoms with van der Waals surface area (Å²) in [6, 6.07) is 1.87. The lowest BCUT2D eigenvalue weighted by atomic mass is 9.98. The van der Waals surface area contributed by atoms with Gasteiger partial charge in [-0.05, 0) is 22.6 Å². The number of aromatic nitrogens is 3. The average Bonchev–Trinajstić information content (AvgIpc) is 2.34. The van der Waals surface area contributed by atoms with Gasteiger partial charge in [-0.3, -0.25) is 0 Å². The number of hydrogen-bond donors (Lipinski definition) is 0. The Hall–Kier alpha value is -0.585. The van der Waals surface area contributed by atoms with Crippen LogP contribution in [0.3, 0.4) is 0 Å². The van der Waals surface area contributed by atoms with E-state index in [9.17, 15) is 0 Å². The van der Waals surface area contributed by atoms with Gasteiger partial charge in [0.05, 0.1) is 0 Å². The third-order valence-electron chi connectivity index (χ3n) is 1.37. The molecule has 0 aliphatic heterocycles. The minimum Gasteiger partial charge on any atom is -0.221 e. The maximum Gasteiger partial charge on any atom is 0.148 e. The van der Waals surface area contributed by atoms with Crippen LogP contribution in [0.5, 0.6) is 0 Å². The second-order valence-corrected chi connectivity index (χ2v) is 3.39. The molecular formula is C6H3BIN3. The van der Waals surface area contributed by atoms with Crippen LogP contribution in [-0.2, 0) is 0 Å². The molecule has 52 valence electrons. The number of nitrogens with zero attached hydrogens (tertiary/aromatic N) is 3. The summed E-state index contributed by atoms with van der Waals surface area (Å²) in [5.41, 5.74) is 1.37. The lowest BCUT2D eigenvalue weighted by Crippen LogP contribution is -2.08.